The molecule has 0 atom stereocenters. The van der Waals surface area contributed by atoms with Gasteiger partial charge in [-0.2, -0.15) is 0 Å². The van der Waals surface area contributed by atoms with Crippen LogP contribution in [0.15, 0.2) is 23.3 Å². The first-order chi connectivity index (χ1) is 11.1. The second kappa shape index (κ2) is 10.7. The Kier molecular flexibility index (Phi) is 9.39. The van der Waals surface area contributed by atoms with Gasteiger partial charge in [-0.25, -0.2) is 9.98 Å². The van der Waals surface area contributed by atoms with Gasteiger partial charge in [-0.1, -0.05) is 13.0 Å². The molecule has 6 heteroatoms. The van der Waals surface area contributed by atoms with E-state index in [0.717, 1.165) is 29.8 Å². The van der Waals surface area contributed by atoms with Crippen molar-refractivity contribution in [2.75, 3.05) is 25.5 Å². The summed E-state index contributed by atoms with van der Waals surface area (Å²) in [6.45, 7) is 5.97. The largest absolute Gasteiger partial charge is 0.362 e. The molecule has 5 nitrogen and oxygen atoms in total. The molecule has 1 aromatic heterocycles. The van der Waals surface area contributed by atoms with E-state index in [1.165, 1.54) is 25.7 Å². The summed E-state index contributed by atoms with van der Waals surface area (Å²) in [7, 11) is 4.03. The Morgan fingerprint density at radius 3 is 2.62 bits per heavy atom. The minimum Gasteiger partial charge on any atom is -0.362 e. The van der Waals surface area contributed by atoms with Crippen molar-refractivity contribution >= 4 is 35.8 Å². The molecular weight excluding hydrogens is 413 g/mol. The Morgan fingerprint density at radius 1 is 1.29 bits per heavy atom. The van der Waals surface area contributed by atoms with Crippen molar-refractivity contribution in [3.63, 3.8) is 0 Å². The standard InChI is InChI=1S/C18H31N5.HI/c1-5-19-18(22-16-10-8-14(2)9-11-16)21-13-15-7-6-12-20-17(15)23(3)4;/h6-7,12,14,16H,5,8-11,13H2,1-4H3,(H2,19,21,22);1H. The highest BCUT2D eigenvalue weighted by Crippen LogP contribution is 2.23. The first kappa shape index (κ1) is 21.0. The van der Waals surface area contributed by atoms with Gasteiger partial charge in [0, 0.05) is 38.4 Å². The Morgan fingerprint density at radius 2 is 2.00 bits per heavy atom. The second-order valence-corrected chi connectivity index (χ2v) is 6.68. The molecule has 2 N–H and O–H groups in total. The molecule has 0 spiro atoms. The van der Waals surface area contributed by atoms with Crippen molar-refractivity contribution < 1.29 is 0 Å². The third kappa shape index (κ3) is 6.45. The molecule has 1 aliphatic rings. The van der Waals surface area contributed by atoms with Gasteiger partial charge in [0.15, 0.2) is 5.96 Å². The summed E-state index contributed by atoms with van der Waals surface area (Å²) in [5.74, 6) is 2.77. The first-order valence-corrected chi connectivity index (χ1v) is 8.76. The number of rotatable bonds is 5. The predicted octanol–water partition coefficient (Wildman–Crippen LogP) is 3.40. The quantitative estimate of drug-likeness (QED) is 0.415. The molecule has 24 heavy (non-hydrogen) atoms. The molecule has 136 valence electrons. The Hall–Kier alpha value is -1.05. The van der Waals surface area contributed by atoms with E-state index in [2.05, 4.69) is 35.5 Å². The minimum absolute atomic E-state index is 0. The van der Waals surface area contributed by atoms with Gasteiger partial charge in [0.25, 0.3) is 0 Å². The van der Waals surface area contributed by atoms with E-state index in [-0.39, 0.29) is 24.0 Å². The van der Waals surface area contributed by atoms with Crippen molar-refractivity contribution in [2.45, 2.75) is 52.1 Å². The average Bonchev–Trinajstić information content (AvgIpc) is 2.55. The highest BCUT2D eigenvalue weighted by molar-refractivity contribution is 14.0. The summed E-state index contributed by atoms with van der Waals surface area (Å²) in [5.41, 5.74) is 1.15. The zero-order chi connectivity index (χ0) is 16.7. The number of aliphatic imine (C=N–C) groups is 1. The number of anilines is 1. The van der Waals surface area contributed by atoms with Gasteiger partial charge in [0.05, 0.1) is 6.54 Å². The van der Waals surface area contributed by atoms with Crippen molar-refractivity contribution in [1.82, 2.24) is 15.6 Å². The summed E-state index contributed by atoms with van der Waals surface area (Å²) in [6.07, 6.45) is 6.92. The summed E-state index contributed by atoms with van der Waals surface area (Å²) < 4.78 is 0. The van der Waals surface area contributed by atoms with E-state index in [4.69, 9.17) is 4.99 Å². The van der Waals surface area contributed by atoms with Gasteiger partial charge < -0.3 is 15.5 Å². The molecule has 1 fully saturated rings. The number of hydrogen-bond donors (Lipinski definition) is 2. The van der Waals surface area contributed by atoms with Crippen LogP contribution >= 0.6 is 24.0 Å². The number of hydrogen-bond acceptors (Lipinski definition) is 3. The Bertz CT molecular complexity index is 510. The van der Waals surface area contributed by atoms with Crippen LogP contribution in [0.4, 0.5) is 5.82 Å². The van der Waals surface area contributed by atoms with Crippen LogP contribution in [0.5, 0.6) is 0 Å². The number of nitrogens with zero attached hydrogens (tertiary/aromatic N) is 3. The number of guanidine groups is 1. The maximum Gasteiger partial charge on any atom is 0.191 e. The maximum atomic E-state index is 4.77. The van der Waals surface area contributed by atoms with Crippen molar-refractivity contribution in [1.29, 1.82) is 0 Å². The summed E-state index contributed by atoms with van der Waals surface area (Å²) in [4.78, 5) is 11.2. The molecule has 0 radical (unpaired) electrons. The predicted molar refractivity (Wildman–Crippen MR) is 113 cm³/mol. The zero-order valence-electron chi connectivity index (χ0n) is 15.4. The highest BCUT2D eigenvalue weighted by Gasteiger charge is 2.18. The van der Waals surface area contributed by atoms with Crippen LogP contribution in [0.25, 0.3) is 0 Å². The van der Waals surface area contributed by atoms with Crippen LogP contribution in [0.1, 0.15) is 45.1 Å². The maximum absolute atomic E-state index is 4.77. The van der Waals surface area contributed by atoms with Crippen LogP contribution in [0, 0.1) is 5.92 Å². The van der Waals surface area contributed by atoms with E-state index in [1.807, 2.05) is 31.3 Å². The lowest BCUT2D eigenvalue weighted by Gasteiger charge is -2.28. The van der Waals surface area contributed by atoms with E-state index in [0.29, 0.717) is 12.6 Å². The summed E-state index contributed by atoms with van der Waals surface area (Å²) in [5, 5.41) is 6.97. The molecule has 0 aromatic carbocycles. The normalized spacial score (nSPS) is 20.9. The molecule has 0 amide bonds. The highest BCUT2D eigenvalue weighted by atomic mass is 127. The second-order valence-electron chi connectivity index (χ2n) is 6.68. The molecule has 0 unspecified atom stereocenters. The van der Waals surface area contributed by atoms with E-state index in [1.54, 1.807) is 0 Å². The summed E-state index contributed by atoms with van der Waals surface area (Å²) in [6, 6.07) is 4.62. The van der Waals surface area contributed by atoms with Crippen LogP contribution in [0.3, 0.4) is 0 Å². The molecule has 0 aliphatic heterocycles. The fraction of sp³-hybridized carbons (Fsp3) is 0.667. The van der Waals surface area contributed by atoms with Crippen LogP contribution in [-0.4, -0.2) is 37.6 Å². The zero-order valence-corrected chi connectivity index (χ0v) is 17.7. The molecule has 1 aromatic rings. The van der Waals surface area contributed by atoms with Crippen molar-refractivity contribution in [2.24, 2.45) is 10.9 Å². The lowest BCUT2D eigenvalue weighted by atomic mass is 9.87. The molecular formula is C18H32IN5. The van der Waals surface area contributed by atoms with Crippen LogP contribution in [-0.2, 0) is 6.54 Å². The molecule has 0 saturated heterocycles. The van der Waals surface area contributed by atoms with Gasteiger partial charge >= 0.3 is 0 Å². The molecule has 2 rings (SSSR count). The van der Waals surface area contributed by atoms with E-state index < -0.39 is 0 Å². The number of pyridine rings is 1. The van der Waals surface area contributed by atoms with E-state index in [9.17, 15) is 0 Å². The van der Waals surface area contributed by atoms with Gasteiger partial charge in [-0.15, -0.1) is 24.0 Å². The SMILES string of the molecule is CCNC(=NCc1cccnc1N(C)C)NC1CCC(C)CC1.I. The Balaban J connectivity index is 0.00000288. The van der Waals surface area contributed by atoms with Gasteiger partial charge in [0.1, 0.15) is 5.82 Å². The third-order valence-electron chi connectivity index (χ3n) is 4.40. The van der Waals surface area contributed by atoms with E-state index >= 15 is 0 Å². The van der Waals surface area contributed by atoms with Gasteiger partial charge in [0.2, 0.25) is 0 Å². The lowest BCUT2D eigenvalue weighted by molar-refractivity contribution is 0.329. The van der Waals surface area contributed by atoms with Crippen molar-refractivity contribution in [3.8, 4) is 0 Å². The number of nitrogens with one attached hydrogen (secondary N) is 2. The van der Waals surface area contributed by atoms with Crippen LogP contribution in [0.2, 0.25) is 0 Å². The molecule has 0 bridgehead atoms. The number of aromatic nitrogens is 1. The molecule has 1 heterocycles. The smallest absolute Gasteiger partial charge is 0.191 e. The minimum atomic E-state index is 0. The average molecular weight is 445 g/mol. The van der Waals surface area contributed by atoms with Gasteiger partial charge in [-0.3, -0.25) is 0 Å². The first-order valence-electron chi connectivity index (χ1n) is 8.76. The third-order valence-corrected chi connectivity index (χ3v) is 4.40. The van der Waals surface area contributed by atoms with Crippen molar-refractivity contribution in [3.05, 3.63) is 23.9 Å². The fourth-order valence-electron chi connectivity index (χ4n) is 3.04. The lowest BCUT2D eigenvalue weighted by Crippen LogP contribution is -2.44. The number of halogens is 1. The van der Waals surface area contributed by atoms with Gasteiger partial charge in [-0.05, 0) is 44.6 Å². The molecule has 1 aliphatic carbocycles. The summed E-state index contributed by atoms with van der Waals surface area (Å²) >= 11 is 0. The topological polar surface area (TPSA) is 52.6 Å². The van der Waals surface area contributed by atoms with Crippen LogP contribution < -0.4 is 15.5 Å². The Labute approximate surface area is 163 Å². The fourth-order valence-corrected chi connectivity index (χ4v) is 3.04. The monoisotopic (exact) mass is 445 g/mol. The molecule has 1 saturated carbocycles.